The van der Waals surface area contributed by atoms with Crippen LogP contribution in [0, 0.1) is 0 Å². The largest absolute Gasteiger partial charge is 0.378 e. The maximum atomic E-state index is 14.0. The van der Waals surface area contributed by atoms with Gasteiger partial charge in [0.25, 0.3) is 0 Å². The summed E-state index contributed by atoms with van der Waals surface area (Å²) in [5, 5.41) is 5.71. The second-order valence-electron chi connectivity index (χ2n) is 6.80. The van der Waals surface area contributed by atoms with Gasteiger partial charge in [-0.3, -0.25) is 4.79 Å². The molecule has 1 atom stereocenters. The van der Waals surface area contributed by atoms with E-state index in [4.69, 9.17) is 18.9 Å². The Morgan fingerprint density at radius 1 is 0.962 bits per heavy atom. The Balaban J connectivity index is 3.43. The molecule has 0 bridgehead atoms. The molecule has 0 radical (unpaired) electrons. The Labute approximate surface area is 157 Å². The van der Waals surface area contributed by atoms with E-state index in [9.17, 15) is 9.18 Å². The van der Waals surface area contributed by atoms with E-state index in [-0.39, 0.29) is 19.1 Å². The summed E-state index contributed by atoms with van der Waals surface area (Å²) in [5.41, 5.74) is -0.982. The average Bonchev–Trinajstić information content (AvgIpc) is 2.56. The second kappa shape index (κ2) is 15.3. The molecule has 0 rings (SSSR count). The van der Waals surface area contributed by atoms with E-state index < -0.39 is 11.8 Å². The Kier molecular flexibility index (Phi) is 14.8. The summed E-state index contributed by atoms with van der Waals surface area (Å²) >= 11 is 0. The summed E-state index contributed by atoms with van der Waals surface area (Å²) in [6, 6.07) is 0.467. The van der Waals surface area contributed by atoms with Gasteiger partial charge in [0.1, 0.15) is 6.17 Å². The number of rotatable bonds is 17. The lowest BCUT2D eigenvalue weighted by molar-refractivity contribution is -0.120. The lowest BCUT2D eigenvalue weighted by atomic mass is 10.0. The Hall–Kier alpha value is -0.800. The van der Waals surface area contributed by atoms with E-state index in [0.717, 1.165) is 6.54 Å². The van der Waals surface area contributed by atoms with Crippen molar-refractivity contribution in [2.45, 2.75) is 52.4 Å². The van der Waals surface area contributed by atoms with E-state index in [1.807, 2.05) is 0 Å². The van der Waals surface area contributed by atoms with Crippen molar-refractivity contribution in [3.63, 3.8) is 0 Å². The van der Waals surface area contributed by atoms with Crippen molar-refractivity contribution in [3.05, 3.63) is 0 Å². The highest BCUT2D eigenvalue weighted by molar-refractivity contribution is 5.72. The Bertz CT molecular complexity index is 356. The van der Waals surface area contributed by atoms with Crippen LogP contribution in [0.3, 0.4) is 0 Å². The molecule has 0 aliphatic rings. The van der Waals surface area contributed by atoms with Gasteiger partial charge < -0.3 is 29.6 Å². The molecule has 1 amide bonds. The number of hydrogen-bond donors (Lipinski definition) is 2. The summed E-state index contributed by atoms with van der Waals surface area (Å²) in [7, 11) is 0. The number of amides is 1. The summed E-state index contributed by atoms with van der Waals surface area (Å²) in [6.45, 7) is 12.9. The van der Waals surface area contributed by atoms with Crippen molar-refractivity contribution in [2.75, 3.05) is 59.3 Å². The van der Waals surface area contributed by atoms with Crippen LogP contribution in [0.25, 0.3) is 0 Å². The van der Waals surface area contributed by atoms with Gasteiger partial charge in [-0.15, -0.1) is 0 Å². The van der Waals surface area contributed by atoms with Gasteiger partial charge in [0.15, 0.2) is 0 Å². The van der Waals surface area contributed by atoms with Crippen LogP contribution >= 0.6 is 0 Å². The summed E-state index contributed by atoms with van der Waals surface area (Å²) in [6.07, 6.45) is -1.29. The van der Waals surface area contributed by atoms with Gasteiger partial charge in [0, 0.05) is 19.5 Å². The number of halogens is 1. The molecule has 0 saturated carbocycles. The van der Waals surface area contributed by atoms with Crippen LogP contribution in [-0.4, -0.2) is 83.1 Å². The zero-order valence-electron chi connectivity index (χ0n) is 16.9. The molecule has 0 spiro atoms. The molecule has 0 aromatic heterocycles. The van der Waals surface area contributed by atoms with Crippen molar-refractivity contribution in [2.24, 2.45) is 0 Å². The minimum atomic E-state index is -1.29. The Morgan fingerprint density at radius 3 is 1.96 bits per heavy atom. The fourth-order valence-electron chi connectivity index (χ4n) is 1.89. The zero-order chi connectivity index (χ0) is 19.8. The molecule has 26 heavy (non-hydrogen) atoms. The number of nitrogens with one attached hydrogen (secondary N) is 2. The van der Waals surface area contributed by atoms with Crippen LogP contribution in [0.15, 0.2) is 0 Å². The molecule has 1 unspecified atom stereocenters. The third-order valence-electron chi connectivity index (χ3n) is 3.53. The lowest BCUT2D eigenvalue weighted by Crippen LogP contribution is -2.44. The number of carbonyl (C=O) groups excluding carboxylic acids is 1. The molecule has 2 N–H and O–H groups in total. The molecule has 0 aromatic carbocycles. The predicted octanol–water partition coefficient (Wildman–Crippen LogP) is 1.30. The third kappa shape index (κ3) is 15.5. The third-order valence-corrected chi connectivity index (χ3v) is 3.53. The molecule has 0 aromatic rings. The van der Waals surface area contributed by atoms with Crippen LogP contribution in [0.4, 0.5) is 4.39 Å². The van der Waals surface area contributed by atoms with E-state index in [1.165, 1.54) is 6.92 Å². The van der Waals surface area contributed by atoms with Gasteiger partial charge >= 0.3 is 0 Å². The standard InChI is InChI=1S/C18H37FN2O5/c1-15(2)20-6-7-23-8-9-24-10-11-25-12-13-26-18(4,5)17(19)14-21-16(3)22/h15,17,20H,6-14H2,1-5H3,(H,21,22). The van der Waals surface area contributed by atoms with Crippen molar-refractivity contribution in [3.8, 4) is 0 Å². The zero-order valence-corrected chi connectivity index (χ0v) is 16.9. The van der Waals surface area contributed by atoms with Gasteiger partial charge in [-0.1, -0.05) is 13.8 Å². The van der Waals surface area contributed by atoms with Crippen molar-refractivity contribution in [1.29, 1.82) is 0 Å². The maximum absolute atomic E-state index is 14.0. The van der Waals surface area contributed by atoms with E-state index in [2.05, 4.69) is 24.5 Å². The number of hydrogen-bond acceptors (Lipinski definition) is 6. The SMILES string of the molecule is CC(=O)NCC(F)C(C)(C)OCCOCCOCCOCCNC(C)C. The van der Waals surface area contributed by atoms with Gasteiger partial charge in [0.2, 0.25) is 5.91 Å². The molecule has 0 saturated heterocycles. The molecule has 0 heterocycles. The molecular formula is C18H37FN2O5. The summed E-state index contributed by atoms with van der Waals surface area (Å²) in [4.78, 5) is 10.8. The molecular weight excluding hydrogens is 343 g/mol. The second-order valence-corrected chi connectivity index (χ2v) is 6.80. The van der Waals surface area contributed by atoms with E-state index >= 15 is 0 Å². The highest BCUT2D eigenvalue weighted by atomic mass is 19.1. The van der Waals surface area contributed by atoms with E-state index in [0.29, 0.717) is 45.7 Å². The highest BCUT2D eigenvalue weighted by Gasteiger charge is 2.30. The van der Waals surface area contributed by atoms with Crippen molar-refractivity contribution < 1.29 is 28.1 Å². The Morgan fingerprint density at radius 2 is 1.46 bits per heavy atom. The molecule has 0 aliphatic carbocycles. The first kappa shape index (κ1) is 25.2. The first-order valence-electron chi connectivity index (χ1n) is 9.24. The van der Waals surface area contributed by atoms with Gasteiger partial charge in [-0.05, 0) is 13.8 Å². The first-order valence-corrected chi connectivity index (χ1v) is 9.24. The highest BCUT2D eigenvalue weighted by Crippen LogP contribution is 2.17. The van der Waals surface area contributed by atoms with Crippen LogP contribution in [-0.2, 0) is 23.7 Å². The minimum Gasteiger partial charge on any atom is -0.378 e. The van der Waals surface area contributed by atoms with Crippen LogP contribution in [0.1, 0.15) is 34.6 Å². The first-order chi connectivity index (χ1) is 12.3. The average molecular weight is 381 g/mol. The number of ether oxygens (including phenoxy) is 4. The summed E-state index contributed by atoms with van der Waals surface area (Å²) in [5.74, 6) is -0.260. The number of alkyl halides is 1. The monoisotopic (exact) mass is 380 g/mol. The lowest BCUT2D eigenvalue weighted by Gasteiger charge is -2.29. The molecule has 0 fully saturated rings. The molecule has 0 aliphatic heterocycles. The molecule has 8 heteroatoms. The van der Waals surface area contributed by atoms with E-state index in [1.54, 1.807) is 13.8 Å². The fourth-order valence-corrected chi connectivity index (χ4v) is 1.89. The topological polar surface area (TPSA) is 78.1 Å². The van der Waals surface area contributed by atoms with Crippen LogP contribution < -0.4 is 10.6 Å². The van der Waals surface area contributed by atoms with Crippen LogP contribution in [0.5, 0.6) is 0 Å². The van der Waals surface area contributed by atoms with Crippen molar-refractivity contribution >= 4 is 5.91 Å². The quantitative estimate of drug-likeness (QED) is 0.371. The van der Waals surface area contributed by atoms with Gasteiger partial charge in [-0.25, -0.2) is 4.39 Å². The number of carbonyl (C=O) groups is 1. The minimum absolute atomic E-state index is 0.0629. The fraction of sp³-hybridized carbons (Fsp3) is 0.944. The van der Waals surface area contributed by atoms with Crippen molar-refractivity contribution in [1.82, 2.24) is 10.6 Å². The molecule has 7 nitrogen and oxygen atoms in total. The van der Waals surface area contributed by atoms with Gasteiger partial charge in [0.05, 0.1) is 58.4 Å². The predicted molar refractivity (Wildman–Crippen MR) is 99.2 cm³/mol. The van der Waals surface area contributed by atoms with Crippen LogP contribution in [0.2, 0.25) is 0 Å². The summed E-state index contributed by atoms with van der Waals surface area (Å²) < 4.78 is 35.7. The maximum Gasteiger partial charge on any atom is 0.216 e. The normalized spacial score (nSPS) is 13.2. The smallest absolute Gasteiger partial charge is 0.216 e. The van der Waals surface area contributed by atoms with Gasteiger partial charge in [-0.2, -0.15) is 0 Å². The molecule has 156 valence electrons.